The van der Waals surface area contributed by atoms with Gasteiger partial charge < -0.3 is 20.1 Å². The lowest BCUT2D eigenvalue weighted by Gasteiger charge is -2.26. The molecule has 2 fully saturated rings. The van der Waals surface area contributed by atoms with Gasteiger partial charge in [-0.1, -0.05) is 6.07 Å². The van der Waals surface area contributed by atoms with Crippen molar-refractivity contribution in [1.29, 1.82) is 0 Å². The van der Waals surface area contributed by atoms with Crippen molar-refractivity contribution >= 4 is 5.82 Å². The molecule has 0 saturated carbocycles. The molecule has 2 N–H and O–H groups in total. The van der Waals surface area contributed by atoms with Crippen LogP contribution in [0, 0.1) is 5.41 Å². The number of aliphatic hydroxyl groups excluding tert-OH is 1. The minimum Gasteiger partial charge on any atom is -0.396 e. The molecule has 5 nitrogen and oxygen atoms in total. The smallest absolute Gasteiger partial charge is 0.128 e. The number of nitrogens with one attached hydrogen (secondary N) is 1. The first kappa shape index (κ1) is 15.7. The topological polar surface area (TPSA) is 57.6 Å². The number of anilines is 1. The van der Waals surface area contributed by atoms with Crippen LogP contribution in [0.15, 0.2) is 18.3 Å². The van der Waals surface area contributed by atoms with E-state index in [0.717, 1.165) is 58.1 Å². The lowest BCUT2D eigenvalue weighted by atomic mass is 9.84. The summed E-state index contributed by atoms with van der Waals surface area (Å²) >= 11 is 0. The van der Waals surface area contributed by atoms with Crippen LogP contribution in [-0.4, -0.2) is 49.5 Å². The number of aliphatic hydroxyl groups is 1. The van der Waals surface area contributed by atoms with Gasteiger partial charge in [0.25, 0.3) is 0 Å². The monoisotopic (exact) mass is 305 g/mol. The number of nitrogens with zero attached hydrogens (tertiary/aromatic N) is 2. The summed E-state index contributed by atoms with van der Waals surface area (Å²) in [4.78, 5) is 6.94. The highest BCUT2D eigenvalue weighted by molar-refractivity contribution is 5.40. The lowest BCUT2D eigenvalue weighted by Crippen LogP contribution is -2.35. The summed E-state index contributed by atoms with van der Waals surface area (Å²) in [5.74, 6) is 1.10. The Balaban J connectivity index is 1.48. The third kappa shape index (κ3) is 3.77. The SMILES string of the molecule is OCCC1(CNCc2ccc(N3CCCC3)nc2)CCOC1. The van der Waals surface area contributed by atoms with Gasteiger partial charge in [0, 0.05) is 51.0 Å². The number of hydrogen-bond donors (Lipinski definition) is 2. The van der Waals surface area contributed by atoms with Crippen LogP contribution in [0.2, 0.25) is 0 Å². The molecule has 3 heterocycles. The first-order valence-corrected chi connectivity index (χ1v) is 8.41. The first-order chi connectivity index (χ1) is 10.8. The zero-order chi connectivity index (χ0) is 15.3. The molecule has 2 aliphatic rings. The second kappa shape index (κ2) is 7.40. The van der Waals surface area contributed by atoms with Gasteiger partial charge in [-0.15, -0.1) is 0 Å². The minimum absolute atomic E-state index is 0.109. The molecule has 2 saturated heterocycles. The van der Waals surface area contributed by atoms with Gasteiger partial charge in [-0.25, -0.2) is 4.98 Å². The van der Waals surface area contributed by atoms with Crippen molar-refractivity contribution in [3.8, 4) is 0 Å². The van der Waals surface area contributed by atoms with Crippen molar-refractivity contribution in [3.63, 3.8) is 0 Å². The zero-order valence-corrected chi connectivity index (χ0v) is 13.3. The Morgan fingerprint density at radius 2 is 2.18 bits per heavy atom. The minimum atomic E-state index is 0.109. The standard InChI is InChI=1S/C17H27N3O2/c21-9-5-17(6-10-22-14-17)13-18-11-15-3-4-16(19-12-15)20-7-1-2-8-20/h3-4,12,18,21H,1-2,5-11,13-14H2. The Bertz CT molecular complexity index is 451. The second-order valence-electron chi connectivity index (χ2n) is 6.60. The van der Waals surface area contributed by atoms with Gasteiger partial charge in [0.05, 0.1) is 6.61 Å². The number of pyridine rings is 1. The largest absolute Gasteiger partial charge is 0.396 e. The second-order valence-corrected chi connectivity index (χ2v) is 6.60. The molecule has 1 atom stereocenters. The van der Waals surface area contributed by atoms with Crippen molar-refractivity contribution in [2.75, 3.05) is 44.4 Å². The number of ether oxygens (including phenoxy) is 1. The molecule has 1 unspecified atom stereocenters. The van der Waals surface area contributed by atoms with Crippen LogP contribution in [0.1, 0.15) is 31.2 Å². The fourth-order valence-corrected chi connectivity index (χ4v) is 3.44. The van der Waals surface area contributed by atoms with Crippen molar-refractivity contribution in [2.24, 2.45) is 5.41 Å². The summed E-state index contributed by atoms with van der Waals surface area (Å²) in [6.45, 7) is 5.78. The number of aromatic nitrogens is 1. The first-order valence-electron chi connectivity index (χ1n) is 8.41. The summed E-state index contributed by atoms with van der Waals surface area (Å²) in [6, 6.07) is 4.29. The molecular formula is C17H27N3O2. The van der Waals surface area contributed by atoms with E-state index in [1.54, 1.807) is 0 Å². The summed E-state index contributed by atoms with van der Waals surface area (Å²) in [5, 5.41) is 12.8. The Labute approximate surface area is 132 Å². The Morgan fingerprint density at radius 3 is 2.82 bits per heavy atom. The van der Waals surface area contributed by atoms with Crippen LogP contribution in [0.25, 0.3) is 0 Å². The van der Waals surface area contributed by atoms with Crippen LogP contribution >= 0.6 is 0 Å². The third-order valence-corrected chi connectivity index (χ3v) is 4.90. The molecule has 0 bridgehead atoms. The molecule has 0 radical (unpaired) electrons. The van der Waals surface area contributed by atoms with E-state index in [9.17, 15) is 5.11 Å². The fourth-order valence-electron chi connectivity index (χ4n) is 3.44. The fraction of sp³-hybridized carbons (Fsp3) is 0.706. The molecule has 1 aromatic heterocycles. The highest BCUT2D eigenvalue weighted by Gasteiger charge is 2.33. The van der Waals surface area contributed by atoms with Gasteiger partial charge >= 0.3 is 0 Å². The summed E-state index contributed by atoms with van der Waals surface area (Å²) in [7, 11) is 0. The van der Waals surface area contributed by atoms with Gasteiger partial charge in [0.15, 0.2) is 0 Å². The number of rotatable bonds is 7. The maximum atomic E-state index is 9.24. The van der Waals surface area contributed by atoms with E-state index in [2.05, 4.69) is 27.3 Å². The quantitative estimate of drug-likeness (QED) is 0.801. The Hall–Kier alpha value is -1.17. The molecule has 2 aliphatic heterocycles. The van der Waals surface area contributed by atoms with Crippen molar-refractivity contribution in [1.82, 2.24) is 10.3 Å². The highest BCUT2D eigenvalue weighted by atomic mass is 16.5. The van der Waals surface area contributed by atoms with Gasteiger partial charge in [-0.3, -0.25) is 0 Å². The van der Waals surface area contributed by atoms with Gasteiger partial charge in [0.2, 0.25) is 0 Å². The van der Waals surface area contributed by atoms with Crippen LogP contribution in [0.3, 0.4) is 0 Å². The van der Waals surface area contributed by atoms with Crippen molar-refractivity contribution in [2.45, 2.75) is 32.2 Å². The molecule has 0 aromatic carbocycles. The maximum absolute atomic E-state index is 9.24. The van der Waals surface area contributed by atoms with E-state index in [1.807, 2.05) is 6.20 Å². The van der Waals surface area contributed by atoms with Crippen molar-refractivity contribution in [3.05, 3.63) is 23.9 Å². The maximum Gasteiger partial charge on any atom is 0.128 e. The Morgan fingerprint density at radius 1 is 1.32 bits per heavy atom. The summed E-state index contributed by atoms with van der Waals surface area (Å²) < 4.78 is 5.52. The molecule has 22 heavy (non-hydrogen) atoms. The average Bonchev–Trinajstić information content (AvgIpc) is 3.21. The number of hydrogen-bond acceptors (Lipinski definition) is 5. The highest BCUT2D eigenvalue weighted by Crippen LogP contribution is 2.31. The molecule has 0 aliphatic carbocycles. The van der Waals surface area contributed by atoms with E-state index >= 15 is 0 Å². The van der Waals surface area contributed by atoms with Crippen LogP contribution in [0.4, 0.5) is 5.82 Å². The predicted molar refractivity (Wildman–Crippen MR) is 87.0 cm³/mol. The predicted octanol–water partition coefficient (Wildman–Crippen LogP) is 1.56. The molecular weight excluding hydrogens is 278 g/mol. The molecule has 122 valence electrons. The average molecular weight is 305 g/mol. The van der Waals surface area contributed by atoms with Crippen LogP contribution in [-0.2, 0) is 11.3 Å². The third-order valence-electron chi connectivity index (χ3n) is 4.90. The lowest BCUT2D eigenvalue weighted by molar-refractivity contribution is 0.124. The van der Waals surface area contributed by atoms with E-state index in [4.69, 9.17) is 4.74 Å². The molecule has 0 amide bonds. The molecule has 5 heteroatoms. The van der Waals surface area contributed by atoms with E-state index in [0.29, 0.717) is 0 Å². The summed E-state index contributed by atoms with van der Waals surface area (Å²) in [6.07, 6.45) is 6.38. The normalized spacial score (nSPS) is 25.0. The van der Waals surface area contributed by atoms with E-state index < -0.39 is 0 Å². The Kier molecular flexibility index (Phi) is 5.28. The molecule has 0 spiro atoms. The van der Waals surface area contributed by atoms with Gasteiger partial charge in [-0.05, 0) is 37.3 Å². The van der Waals surface area contributed by atoms with Gasteiger partial charge in [-0.2, -0.15) is 0 Å². The van der Waals surface area contributed by atoms with E-state index in [1.165, 1.54) is 18.4 Å². The van der Waals surface area contributed by atoms with Crippen LogP contribution < -0.4 is 10.2 Å². The van der Waals surface area contributed by atoms with Crippen LogP contribution in [0.5, 0.6) is 0 Å². The molecule has 1 aromatic rings. The molecule has 3 rings (SSSR count). The summed E-state index contributed by atoms with van der Waals surface area (Å²) in [5.41, 5.74) is 1.32. The zero-order valence-electron chi connectivity index (χ0n) is 13.3. The van der Waals surface area contributed by atoms with E-state index in [-0.39, 0.29) is 12.0 Å². The van der Waals surface area contributed by atoms with Crippen molar-refractivity contribution < 1.29 is 9.84 Å². The van der Waals surface area contributed by atoms with Gasteiger partial charge in [0.1, 0.15) is 5.82 Å².